The Hall–Kier alpha value is -0.930. The maximum Gasteiger partial charge on any atom is 0.236 e. The van der Waals surface area contributed by atoms with Crippen LogP contribution in [0, 0.1) is 17.8 Å². The van der Waals surface area contributed by atoms with Crippen molar-refractivity contribution in [3.8, 4) is 0 Å². The number of ketones is 1. The summed E-state index contributed by atoms with van der Waals surface area (Å²) in [6.45, 7) is 0.596. The van der Waals surface area contributed by atoms with E-state index in [0.29, 0.717) is 18.4 Å². The molecule has 0 spiro atoms. The van der Waals surface area contributed by atoms with Gasteiger partial charge >= 0.3 is 0 Å². The highest BCUT2D eigenvalue weighted by Gasteiger charge is 2.58. The monoisotopic (exact) mass is 206 g/mol. The highest BCUT2D eigenvalue weighted by atomic mass is 16.7. The minimum Gasteiger partial charge on any atom is -0.346 e. The standard InChI is InChI=1S/C12H14O3/c1-14-12-10(13)6-5-8-3-2-4-9(7-15-12)11(8)12/h2,4-6,8-9,11H,3,7H2,1H3/t8-,9+,11+,12+/m1/s1. The van der Waals surface area contributed by atoms with Crippen LogP contribution in [-0.2, 0) is 14.3 Å². The molecule has 80 valence electrons. The molecule has 2 aliphatic carbocycles. The number of allylic oxidation sites excluding steroid dienone is 2. The van der Waals surface area contributed by atoms with Crippen LogP contribution in [0.5, 0.6) is 0 Å². The van der Waals surface area contributed by atoms with Crippen molar-refractivity contribution in [3.05, 3.63) is 24.3 Å². The topological polar surface area (TPSA) is 35.5 Å². The zero-order valence-corrected chi connectivity index (χ0v) is 8.68. The molecule has 0 radical (unpaired) electrons. The smallest absolute Gasteiger partial charge is 0.236 e. The summed E-state index contributed by atoms with van der Waals surface area (Å²) in [6, 6.07) is 0. The number of hydrogen-bond acceptors (Lipinski definition) is 3. The van der Waals surface area contributed by atoms with E-state index in [4.69, 9.17) is 9.47 Å². The second kappa shape index (κ2) is 3.03. The fourth-order valence-electron chi connectivity index (χ4n) is 3.09. The van der Waals surface area contributed by atoms with Gasteiger partial charge in [-0.15, -0.1) is 0 Å². The Kier molecular flexibility index (Phi) is 1.88. The molecule has 3 aliphatic rings. The van der Waals surface area contributed by atoms with Gasteiger partial charge in [0, 0.05) is 18.9 Å². The van der Waals surface area contributed by atoms with E-state index in [1.807, 2.05) is 6.08 Å². The SMILES string of the molecule is CO[C@]12OC[C@@H]3C=CC[C@H](C=CC1=O)[C@@H]32. The average Bonchev–Trinajstić information content (AvgIpc) is 2.66. The van der Waals surface area contributed by atoms with Crippen LogP contribution in [-0.4, -0.2) is 25.3 Å². The first kappa shape index (κ1) is 9.31. The second-order valence-electron chi connectivity index (χ2n) is 4.42. The zero-order chi connectivity index (χ0) is 10.5. The summed E-state index contributed by atoms with van der Waals surface area (Å²) in [5.41, 5.74) is 0. The summed E-state index contributed by atoms with van der Waals surface area (Å²) in [7, 11) is 1.56. The Labute approximate surface area is 88.7 Å². The van der Waals surface area contributed by atoms with E-state index in [1.54, 1.807) is 13.2 Å². The van der Waals surface area contributed by atoms with Crippen LogP contribution < -0.4 is 0 Å². The minimum atomic E-state index is -0.991. The van der Waals surface area contributed by atoms with Crippen molar-refractivity contribution in [2.75, 3.05) is 13.7 Å². The molecule has 0 amide bonds. The molecule has 0 aromatic rings. The first-order valence-corrected chi connectivity index (χ1v) is 5.36. The molecule has 0 aromatic heterocycles. The van der Waals surface area contributed by atoms with Crippen molar-refractivity contribution >= 4 is 5.78 Å². The van der Waals surface area contributed by atoms with Gasteiger partial charge in [0.25, 0.3) is 0 Å². The Balaban J connectivity index is 2.10. The van der Waals surface area contributed by atoms with Crippen LogP contribution in [0.1, 0.15) is 6.42 Å². The zero-order valence-electron chi connectivity index (χ0n) is 8.68. The van der Waals surface area contributed by atoms with E-state index in [0.717, 1.165) is 6.42 Å². The van der Waals surface area contributed by atoms with Gasteiger partial charge in [-0.2, -0.15) is 0 Å². The van der Waals surface area contributed by atoms with Crippen molar-refractivity contribution in [3.63, 3.8) is 0 Å². The molecule has 3 heteroatoms. The van der Waals surface area contributed by atoms with Crippen LogP contribution >= 0.6 is 0 Å². The third-order valence-corrected chi connectivity index (χ3v) is 3.78. The normalized spacial score (nSPS) is 47.0. The van der Waals surface area contributed by atoms with E-state index in [9.17, 15) is 4.79 Å². The number of rotatable bonds is 1. The third-order valence-electron chi connectivity index (χ3n) is 3.78. The molecular weight excluding hydrogens is 192 g/mol. The first-order chi connectivity index (χ1) is 7.28. The number of ether oxygens (including phenoxy) is 2. The molecule has 1 aliphatic heterocycles. The van der Waals surface area contributed by atoms with Gasteiger partial charge in [-0.1, -0.05) is 18.2 Å². The molecule has 4 atom stereocenters. The van der Waals surface area contributed by atoms with Crippen molar-refractivity contribution < 1.29 is 14.3 Å². The maximum absolute atomic E-state index is 11.9. The van der Waals surface area contributed by atoms with E-state index in [2.05, 4.69) is 12.2 Å². The lowest BCUT2D eigenvalue weighted by atomic mass is 9.69. The Bertz CT molecular complexity index is 358. The molecule has 3 nitrogen and oxygen atoms in total. The molecule has 15 heavy (non-hydrogen) atoms. The fraction of sp³-hybridized carbons (Fsp3) is 0.583. The lowest BCUT2D eigenvalue weighted by Crippen LogP contribution is -2.51. The van der Waals surface area contributed by atoms with Gasteiger partial charge in [0.1, 0.15) is 0 Å². The van der Waals surface area contributed by atoms with E-state index in [1.165, 1.54) is 0 Å². The summed E-state index contributed by atoms with van der Waals surface area (Å²) in [5.74, 6) is -0.138. The van der Waals surface area contributed by atoms with E-state index >= 15 is 0 Å². The van der Waals surface area contributed by atoms with Crippen LogP contribution in [0.4, 0.5) is 0 Å². The molecule has 1 fully saturated rings. The van der Waals surface area contributed by atoms with Crippen molar-refractivity contribution in [2.24, 2.45) is 17.8 Å². The quantitative estimate of drug-likeness (QED) is 0.607. The number of carbonyl (C=O) groups excluding carboxylic acids is 1. The minimum absolute atomic E-state index is 0.0379. The van der Waals surface area contributed by atoms with Gasteiger partial charge in [-0.3, -0.25) is 4.79 Å². The summed E-state index contributed by atoms with van der Waals surface area (Å²) in [5, 5.41) is 0. The molecule has 1 saturated heterocycles. The van der Waals surface area contributed by atoms with Gasteiger partial charge in [0.2, 0.25) is 11.6 Å². The molecule has 3 rings (SSSR count). The summed E-state index contributed by atoms with van der Waals surface area (Å²) in [6.07, 6.45) is 8.95. The van der Waals surface area contributed by atoms with Crippen LogP contribution in [0.3, 0.4) is 0 Å². The lowest BCUT2D eigenvalue weighted by molar-refractivity contribution is -0.215. The predicted octanol–water partition coefficient (Wildman–Crippen LogP) is 1.31. The van der Waals surface area contributed by atoms with Gasteiger partial charge in [-0.05, 0) is 18.4 Å². The summed E-state index contributed by atoms with van der Waals surface area (Å²) in [4.78, 5) is 11.9. The number of hydrogen-bond donors (Lipinski definition) is 0. The number of methoxy groups -OCH3 is 1. The average molecular weight is 206 g/mol. The van der Waals surface area contributed by atoms with Crippen LogP contribution in [0.2, 0.25) is 0 Å². The first-order valence-electron chi connectivity index (χ1n) is 5.36. The molecule has 0 N–H and O–H groups in total. The molecule has 0 saturated carbocycles. The predicted molar refractivity (Wildman–Crippen MR) is 54.1 cm³/mol. The molecular formula is C12H14O3. The van der Waals surface area contributed by atoms with Gasteiger partial charge in [0.05, 0.1) is 6.61 Å². The van der Waals surface area contributed by atoms with E-state index in [-0.39, 0.29) is 11.7 Å². The molecule has 1 heterocycles. The summed E-state index contributed by atoms with van der Waals surface area (Å²) < 4.78 is 11.0. The van der Waals surface area contributed by atoms with E-state index < -0.39 is 5.79 Å². The molecule has 0 bridgehead atoms. The Morgan fingerprint density at radius 1 is 1.47 bits per heavy atom. The van der Waals surface area contributed by atoms with Crippen molar-refractivity contribution in [1.82, 2.24) is 0 Å². The maximum atomic E-state index is 11.9. The van der Waals surface area contributed by atoms with Crippen LogP contribution in [0.25, 0.3) is 0 Å². The molecule has 0 unspecified atom stereocenters. The second-order valence-corrected chi connectivity index (χ2v) is 4.42. The summed E-state index contributed by atoms with van der Waals surface area (Å²) >= 11 is 0. The Morgan fingerprint density at radius 2 is 2.33 bits per heavy atom. The fourth-order valence-corrected chi connectivity index (χ4v) is 3.09. The molecule has 0 aromatic carbocycles. The van der Waals surface area contributed by atoms with Crippen molar-refractivity contribution in [2.45, 2.75) is 12.2 Å². The Morgan fingerprint density at radius 3 is 3.13 bits per heavy atom. The van der Waals surface area contributed by atoms with Gasteiger partial charge in [-0.25, -0.2) is 0 Å². The van der Waals surface area contributed by atoms with Gasteiger partial charge < -0.3 is 9.47 Å². The van der Waals surface area contributed by atoms with Crippen molar-refractivity contribution in [1.29, 1.82) is 0 Å². The lowest BCUT2D eigenvalue weighted by Gasteiger charge is -2.39. The third kappa shape index (κ3) is 1.05. The van der Waals surface area contributed by atoms with Crippen LogP contribution in [0.15, 0.2) is 24.3 Å². The number of carbonyl (C=O) groups is 1. The van der Waals surface area contributed by atoms with Gasteiger partial charge in [0.15, 0.2) is 0 Å². The highest BCUT2D eigenvalue weighted by Crippen LogP contribution is 2.49. The highest BCUT2D eigenvalue weighted by molar-refractivity contribution is 5.97. The largest absolute Gasteiger partial charge is 0.346 e.